The molecule has 1 fully saturated rings. The molecule has 1 saturated heterocycles. The Hall–Kier alpha value is -3.06. The number of Topliss-reactive ketones (excluding diaryl/α,β-unsaturated/α-hetero) is 1. The summed E-state index contributed by atoms with van der Waals surface area (Å²) >= 11 is 18.4. The Morgan fingerprint density at radius 3 is 2.09 bits per heavy atom. The standard InChI is InChI=1S/C24H15Cl3FNO4/c1-33-23-17(26)10-13(11-18(23)27)21(30)19-20(12-2-6-15(28)7-3-12)29(24(32)22(19)31)16-8-4-14(25)5-9-16/h2-11,20,30H,1H3/b21-19+. The number of halogens is 4. The molecule has 1 aliphatic rings. The van der Waals surface area contributed by atoms with E-state index in [1.165, 1.54) is 48.4 Å². The van der Waals surface area contributed by atoms with Crippen molar-refractivity contribution in [3.05, 3.63) is 98.2 Å². The average molecular weight is 507 g/mol. The molecule has 1 atom stereocenters. The Morgan fingerprint density at radius 1 is 0.970 bits per heavy atom. The van der Waals surface area contributed by atoms with Crippen molar-refractivity contribution in [2.24, 2.45) is 0 Å². The normalized spacial score (nSPS) is 17.5. The summed E-state index contributed by atoms with van der Waals surface area (Å²) in [7, 11) is 1.39. The van der Waals surface area contributed by atoms with Crippen molar-refractivity contribution in [1.82, 2.24) is 0 Å². The molecule has 1 unspecified atom stereocenters. The minimum atomic E-state index is -1.04. The lowest BCUT2D eigenvalue weighted by Crippen LogP contribution is -2.29. The number of nitrogens with zero attached hydrogens (tertiary/aromatic N) is 1. The molecule has 0 spiro atoms. The van der Waals surface area contributed by atoms with Gasteiger partial charge in [0.25, 0.3) is 11.7 Å². The molecule has 33 heavy (non-hydrogen) atoms. The zero-order chi connectivity index (χ0) is 23.9. The largest absolute Gasteiger partial charge is 0.507 e. The number of hydrogen-bond acceptors (Lipinski definition) is 4. The van der Waals surface area contributed by atoms with Gasteiger partial charge in [-0.1, -0.05) is 46.9 Å². The van der Waals surface area contributed by atoms with Crippen molar-refractivity contribution in [2.45, 2.75) is 6.04 Å². The highest BCUT2D eigenvalue weighted by atomic mass is 35.5. The molecule has 9 heteroatoms. The van der Waals surface area contributed by atoms with Crippen molar-refractivity contribution in [3.63, 3.8) is 0 Å². The average Bonchev–Trinajstić information content (AvgIpc) is 3.05. The van der Waals surface area contributed by atoms with E-state index in [4.69, 9.17) is 39.5 Å². The van der Waals surface area contributed by atoms with E-state index in [1.807, 2.05) is 0 Å². The highest BCUT2D eigenvalue weighted by molar-refractivity contribution is 6.52. The summed E-state index contributed by atoms with van der Waals surface area (Å²) in [5, 5.41) is 11.8. The summed E-state index contributed by atoms with van der Waals surface area (Å²) < 4.78 is 18.7. The van der Waals surface area contributed by atoms with Crippen molar-refractivity contribution in [3.8, 4) is 5.75 Å². The van der Waals surface area contributed by atoms with Crippen molar-refractivity contribution in [1.29, 1.82) is 0 Å². The van der Waals surface area contributed by atoms with Crippen LogP contribution < -0.4 is 9.64 Å². The highest BCUT2D eigenvalue weighted by Crippen LogP contribution is 2.44. The van der Waals surface area contributed by atoms with E-state index < -0.39 is 29.3 Å². The molecular formula is C24H15Cl3FNO4. The zero-order valence-corrected chi connectivity index (χ0v) is 19.2. The van der Waals surface area contributed by atoms with Crippen LogP contribution in [0.4, 0.5) is 10.1 Å². The van der Waals surface area contributed by atoms with E-state index in [0.717, 1.165) is 0 Å². The van der Waals surface area contributed by atoms with Gasteiger partial charge in [0.2, 0.25) is 0 Å². The fraction of sp³-hybridized carbons (Fsp3) is 0.0833. The van der Waals surface area contributed by atoms with Gasteiger partial charge in [0, 0.05) is 16.3 Å². The van der Waals surface area contributed by atoms with Gasteiger partial charge in [-0.25, -0.2) is 4.39 Å². The van der Waals surface area contributed by atoms with Crippen molar-refractivity contribution in [2.75, 3.05) is 12.0 Å². The zero-order valence-electron chi connectivity index (χ0n) is 17.0. The molecule has 168 valence electrons. The van der Waals surface area contributed by atoms with Gasteiger partial charge >= 0.3 is 0 Å². The van der Waals surface area contributed by atoms with E-state index in [2.05, 4.69) is 0 Å². The van der Waals surface area contributed by atoms with Crippen LogP contribution in [0, 0.1) is 5.82 Å². The van der Waals surface area contributed by atoms with Gasteiger partial charge in [0.05, 0.1) is 28.8 Å². The minimum Gasteiger partial charge on any atom is -0.507 e. The molecule has 1 heterocycles. The molecular weight excluding hydrogens is 492 g/mol. The van der Waals surface area contributed by atoms with Crippen LogP contribution >= 0.6 is 34.8 Å². The van der Waals surface area contributed by atoms with Crippen LogP contribution in [0.2, 0.25) is 15.1 Å². The van der Waals surface area contributed by atoms with Crippen LogP contribution in [0.5, 0.6) is 5.75 Å². The van der Waals surface area contributed by atoms with Crippen molar-refractivity contribution >= 4 is 57.9 Å². The number of aliphatic hydroxyl groups is 1. The fourth-order valence-corrected chi connectivity index (χ4v) is 4.48. The minimum absolute atomic E-state index is 0.108. The highest BCUT2D eigenvalue weighted by Gasteiger charge is 2.47. The molecule has 3 aromatic carbocycles. The Kier molecular flexibility index (Phi) is 6.34. The summed E-state index contributed by atoms with van der Waals surface area (Å²) in [6.45, 7) is 0. The maximum absolute atomic E-state index is 13.6. The van der Waals surface area contributed by atoms with E-state index in [-0.39, 0.29) is 26.9 Å². The fourth-order valence-electron chi connectivity index (χ4n) is 3.71. The van der Waals surface area contributed by atoms with E-state index in [1.54, 1.807) is 24.3 Å². The second kappa shape index (κ2) is 9.06. The van der Waals surface area contributed by atoms with Gasteiger partial charge in [0.15, 0.2) is 5.75 Å². The Balaban J connectivity index is 1.95. The number of ketones is 1. The lowest BCUT2D eigenvalue weighted by Gasteiger charge is -2.25. The molecule has 0 radical (unpaired) electrons. The summed E-state index contributed by atoms with van der Waals surface area (Å²) in [6.07, 6.45) is 0. The van der Waals surface area contributed by atoms with Crippen LogP contribution in [0.3, 0.4) is 0 Å². The monoisotopic (exact) mass is 505 g/mol. The summed E-state index contributed by atoms with van der Waals surface area (Å²) in [6, 6.07) is 13.3. The number of benzene rings is 3. The number of methoxy groups -OCH3 is 1. The quantitative estimate of drug-likeness (QED) is 0.252. The topological polar surface area (TPSA) is 66.8 Å². The Labute approximate surface area is 203 Å². The third-order valence-electron chi connectivity index (χ3n) is 5.21. The van der Waals surface area contributed by atoms with E-state index >= 15 is 0 Å². The first kappa shape index (κ1) is 23.1. The van der Waals surface area contributed by atoms with E-state index in [0.29, 0.717) is 16.3 Å². The third kappa shape index (κ3) is 4.17. The predicted octanol–water partition coefficient (Wildman–Crippen LogP) is 6.42. The smallest absolute Gasteiger partial charge is 0.300 e. The first-order valence-corrected chi connectivity index (χ1v) is 10.7. The van der Waals surface area contributed by atoms with Crippen molar-refractivity contribution < 1.29 is 23.8 Å². The Bertz CT molecular complexity index is 1270. The molecule has 0 aliphatic carbocycles. The Morgan fingerprint density at radius 2 is 1.55 bits per heavy atom. The SMILES string of the molecule is COc1c(Cl)cc(/C(O)=C2\C(=O)C(=O)N(c3ccc(Cl)cc3)C2c2ccc(F)cc2)cc1Cl. The molecule has 0 aromatic heterocycles. The third-order valence-corrected chi connectivity index (χ3v) is 6.02. The number of amides is 1. The van der Waals surface area contributed by atoms with Crippen LogP contribution in [-0.2, 0) is 9.59 Å². The molecule has 1 aliphatic heterocycles. The van der Waals surface area contributed by atoms with Crippen LogP contribution in [0.1, 0.15) is 17.2 Å². The second-order valence-electron chi connectivity index (χ2n) is 7.17. The first-order valence-electron chi connectivity index (χ1n) is 9.58. The summed E-state index contributed by atoms with van der Waals surface area (Å²) in [4.78, 5) is 27.4. The maximum atomic E-state index is 13.6. The predicted molar refractivity (Wildman–Crippen MR) is 126 cm³/mol. The molecule has 0 saturated carbocycles. The van der Waals surface area contributed by atoms with Crippen LogP contribution in [0.15, 0.2) is 66.2 Å². The number of ether oxygens (including phenoxy) is 1. The number of aliphatic hydroxyl groups excluding tert-OH is 1. The van der Waals surface area contributed by atoms with Gasteiger partial charge in [-0.05, 0) is 54.1 Å². The lowest BCUT2D eigenvalue weighted by molar-refractivity contribution is -0.132. The van der Waals surface area contributed by atoms with Gasteiger partial charge in [-0.15, -0.1) is 0 Å². The lowest BCUT2D eigenvalue weighted by atomic mass is 9.95. The molecule has 1 amide bonds. The van der Waals surface area contributed by atoms with Gasteiger partial charge in [-0.2, -0.15) is 0 Å². The molecule has 1 N–H and O–H groups in total. The van der Waals surface area contributed by atoms with Gasteiger partial charge in [0.1, 0.15) is 11.6 Å². The molecule has 0 bridgehead atoms. The number of carbonyl (C=O) groups is 2. The van der Waals surface area contributed by atoms with Gasteiger partial charge < -0.3 is 9.84 Å². The van der Waals surface area contributed by atoms with Gasteiger partial charge in [-0.3, -0.25) is 14.5 Å². The number of hydrogen-bond donors (Lipinski definition) is 1. The first-order chi connectivity index (χ1) is 15.7. The number of rotatable bonds is 4. The molecule has 4 rings (SSSR count). The summed E-state index contributed by atoms with van der Waals surface area (Å²) in [5.74, 6) is -2.55. The summed E-state index contributed by atoms with van der Waals surface area (Å²) in [5.41, 5.74) is 0.712. The number of anilines is 1. The van der Waals surface area contributed by atoms with Crippen LogP contribution in [-0.4, -0.2) is 23.9 Å². The number of carbonyl (C=O) groups excluding carboxylic acids is 2. The van der Waals surface area contributed by atoms with E-state index in [9.17, 15) is 19.1 Å². The maximum Gasteiger partial charge on any atom is 0.300 e. The van der Waals surface area contributed by atoms with Crippen LogP contribution in [0.25, 0.3) is 5.76 Å². The molecule has 3 aromatic rings. The second-order valence-corrected chi connectivity index (χ2v) is 8.42. The molecule has 5 nitrogen and oxygen atoms in total.